The van der Waals surface area contributed by atoms with Crippen LogP contribution in [0.15, 0.2) is 53.0 Å². The lowest BCUT2D eigenvalue weighted by atomic mass is 9.87. The quantitative estimate of drug-likeness (QED) is 0.254. The van der Waals surface area contributed by atoms with Gasteiger partial charge in [0.05, 0.1) is 11.8 Å². The van der Waals surface area contributed by atoms with Gasteiger partial charge in [-0.15, -0.1) is 0 Å². The van der Waals surface area contributed by atoms with Gasteiger partial charge in [-0.05, 0) is 78.3 Å². The summed E-state index contributed by atoms with van der Waals surface area (Å²) in [5.74, 6) is -0.505. The van der Waals surface area contributed by atoms with Crippen LogP contribution >= 0.6 is 15.9 Å². The highest BCUT2D eigenvalue weighted by atomic mass is 79.9. The van der Waals surface area contributed by atoms with E-state index in [2.05, 4.69) is 46.3 Å². The number of hydrogen-bond donors (Lipinski definition) is 0. The Morgan fingerprint density at radius 2 is 1.70 bits per heavy atom. The first-order valence-electron chi connectivity index (χ1n) is 11.9. The van der Waals surface area contributed by atoms with Gasteiger partial charge in [0.2, 0.25) is 0 Å². The first kappa shape index (κ1) is 23.7. The molecule has 3 aromatic carbocycles. The molecule has 0 amide bonds. The van der Waals surface area contributed by atoms with Gasteiger partial charge in [0.25, 0.3) is 0 Å². The SMILES string of the molecule is CCC(C)C(=O)OC1CCC(C(=O)OC(C)c2ccc3c(c2)c(Br)cc2ccccc23)CC1. The molecule has 0 radical (unpaired) electrons. The minimum absolute atomic E-state index is 0.0754. The minimum atomic E-state index is -0.332. The summed E-state index contributed by atoms with van der Waals surface area (Å²) >= 11 is 3.71. The van der Waals surface area contributed by atoms with Crippen LogP contribution in [0.3, 0.4) is 0 Å². The van der Waals surface area contributed by atoms with Crippen molar-refractivity contribution in [1.82, 2.24) is 0 Å². The highest BCUT2D eigenvalue weighted by Crippen LogP contribution is 2.35. The summed E-state index contributed by atoms with van der Waals surface area (Å²) in [7, 11) is 0. The van der Waals surface area contributed by atoms with Gasteiger partial charge >= 0.3 is 11.9 Å². The van der Waals surface area contributed by atoms with Gasteiger partial charge < -0.3 is 9.47 Å². The Kier molecular flexibility index (Phi) is 7.38. The number of benzene rings is 3. The van der Waals surface area contributed by atoms with Crippen molar-refractivity contribution in [3.05, 3.63) is 58.6 Å². The van der Waals surface area contributed by atoms with E-state index in [1.807, 2.05) is 39.0 Å². The number of esters is 2. The van der Waals surface area contributed by atoms with E-state index < -0.39 is 0 Å². The summed E-state index contributed by atoms with van der Waals surface area (Å²) < 4.78 is 12.5. The van der Waals surface area contributed by atoms with Crippen molar-refractivity contribution in [2.24, 2.45) is 11.8 Å². The van der Waals surface area contributed by atoms with Crippen molar-refractivity contribution < 1.29 is 19.1 Å². The van der Waals surface area contributed by atoms with Crippen LogP contribution in [0.2, 0.25) is 0 Å². The van der Waals surface area contributed by atoms with Gasteiger partial charge in [0.15, 0.2) is 0 Å². The highest BCUT2D eigenvalue weighted by Gasteiger charge is 2.31. The molecule has 0 aromatic heterocycles. The van der Waals surface area contributed by atoms with Crippen LogP contribution in [0, 0.1) is 11.8 Å². The zero-order chi connectivity index (χ0) is 23.5. The maximum atomic E-state index is 12.8. The lowest BCUT2D eigenvalue weighted by Gasteiger charge is -2.28. The van der Waals surface area contributed by atoms with Crippen LogP contribution in [-0.2, 0) is 19.1 Å². The monoisotopic (exact) mass is 510 g/mol. The Balaban J connectivity index is 1.40. The maximum Gasteiger partial charge on any atom is 0.309 e. The molecule has 1 fully saturated rings. The maximum absolute atomic E-state index is 12.8. The molecule has 174 valence electrons. The Bertz CT molecular complexity index is 1160. The molecule has 0 aliphatic heterocycles. The predicted octanol–water partition coefficient (Wildman–Crippen LogP) is 7.51. The van der Waals surface area contributed by atoms with E-state index in [1.165, 1.54) is 16.2 Å². The third-order valence-electron chi connectivity index (χ3n) is 6.90. The molecule has 2 atom stereocenters. The third kappa shape index (κ3) is 5.24. The molecule has 4 nitrogen and oxygen atoms in total. The standard InChI is InChI=1S/C28H31BrO4/c1-4-17(2)27(30)33-22-12-9-19(10-13-22)28(31)32-18(3)20-11-14-24-23-8-6-5-7-21(23)16-26(29)25(24)15-20/h5-8,11,14-19,22H,4,9-10,12-13H2,1-3H3. The van der Waals surface area contributed by atoms with Crippen LogP contribution < -0.4 is 0 Å². The molecule has 2 unspecified atom stereocenters. The van der Waals surface area contributed by atoms with Gasteiger partial charge in [-0.3, -0.25) is 9.59 Å². The summed E-state index contributed by atoms with van der Waals surface area (Å²) in [6.45, 7) is 5.80. The fraction of sp³-hybridized carbons (Fsp3) is 0.429. The van der Waals surface area contributed by atoms with Crippen molar-refractivity contribution in [3.8, 4) is 0 Å². The Morgan fingerprint density at radius 1 is 0.970 bits per heavy atom. The van der Waals surface area contributed by atoms with Gasteiger partial charge in [-0.2, -0.15) is 0 Å². The number of fused-ring (bicyclic) bond motifs is 3. The van der Waals surface area contributed by atoms with Crippen molar-refractivity contribution in [2.45, 2.75) is 65.1 Å². The molecule has 0 spiro atoms. The largest absolute Gasteiger partial charge is 0.462 e. The molecule has 5 heteroatoms. The zero-order valence-corrected chi connectivity index (χ0v) is 21.1. The van der Waals surface area contributed by atoms with E-state index in [0.717, 1.165) is 21.8 Å². The molecule has 0 heterocycles. The minimum Gasteiger partial charge on any atom is -0.462 e. The van der Waals surface area contributed by atoms with E-state index in [1.54, 1.807) is 0 Å². The Labute approximate surface area is 203 Å². The second-order valence-electron chi connectivity index (χ2n) is 9.18. The summed E-state index contributed by atoms with van der Waals surface area (Å²) in [6.07, 6.45) is 3.18. The van der Waals surface area contributed by atoms with Crippen molar-refractivity contribution in [1.29, 1.82) is 0 Å². The molecular weight excluding hydrogens is 480 g/mol. The molecule has 4 rings (SSSR count). The predicted molar refractivity (Wildman–Crippen MR) is 135 cm³/mol. The van der Waals surface area contributed by atoms with Crippen molar-refractivity contribution in [3.63, 3.8) is 0 Å². The Morgan fingerprint density at radius 3 is 2.42 bits per heavy atom. The summed E-state index contributed by atoms with van der Waals surface area (Å²) in [5.41, 5.74) is 0.975. The van der Waals surface area contributed by atoms with Gasteiger partial charge in [0.1, 0.15) is 12.2 Å². The molecular formula is C28H31BrO4. The molecule has 0 bridgehead atoms. The zero-order valence-electron chi connectivity index (χ0n) is 19.5. The van der Waals surface area contributed by atoms with E-state index in [-0.39, 0.29) is 36.0 Å². The first-order valence-corrected chi connectivity index (χ1v) is 12.7. The van der Waals surface area contributed by atoms with Crippen LogP contribution in [0.4, 0.5) is 0 Å². The summed E-state index contributed by atoms with van der Waals surface area (Å²) in [6, 6.07) is 16.7. The number of hydrogen-bond acceptors (Lipinski definition) is 4. The van der Waals surface area contributed by atoms with E-state index in [4.69, 9.17) is 9.47 Å². The van der Waals surface area contributed by atoms with Gasteiger partial charge in [0, 0.05) is 4.47 Å². The molecule has 0 N–H and O–H groups in total. The number of rotatable bonds is 6. The van der Waals surface area contributed by atoms with Crippen LogP contribution in [0.5, 0.6) is 0 Å². The average Bonchev–Trinajstić information content (AvgIpc) is 2.83. The first-order chi connectivity index (χ1) is 15.9. The van der Waals surface area contributed by atoms with E-state index >= 15 is 0 Å². The van der Waals surface area contributed by atoms with E-state index in [9.17, 15) is 9.59 Å². The number of carbonyl (C=O) groups excluding carboxylic acids is 2. The summed E-state index contributed by atoms with van der Waals surface area (Å²) in [5, 5.41) is 4.68. The highest BCUT2D eigenvalue weighted by molar-refractivity contribution is 9.10. The second-order valence-corrected chi connectivity index (χ2v) is 10.0. The second kappa shape index (κ2) is 10.3. The fourth-order valence-electron chi connectivity index (χ4n) is 4.53. The molecule has 33 heavy (non-hydrogen) atoms. The number of carbonyl (C=O) groups is 2. The van der Waals surface area contributed by atoms with Crippen molar-refractivity contribution in [2.75, 3.05) is 0 Å². The lowest BCUT2D eigenvalue weighted by Crippen LogP contribution is -2.30. The van der Waals surface area contributed by atoms with Gasteiger partial charge in [-0.1, -0.05) is 66.2 Å². The molecule has 1 aliphatic carbocycles. The van der Waals surface area contributed by atoms with Crippen LogP contribution in [0.25, 0.3) is 21.5 Å². The van der Waals surface area contributed by atoms with E-state index in [0.29, 0.717) is 25.7 Å². The molecule has 3 aromatic rings. The number of halogens is 1. The molecule has 1 aliphatic rings. The topological polar surface area (TPSA) is 52.6 Å². The Hall–Kier alpha value is -2.40. The smallest absolute Gasteiger partial charge is 0.309 e. The molecule has 1 saturated carbocycles. The van der Waals surface area contributed by atoms with Crippen LogP contribution in [0.1, 0.15) is 64.5 Å². The van der Waals surface area contributed by atoms with Crippen molar-refractivity contribution >= 4 is 49.4 Å². The number of ether oxygens (including phenoxy) is 2. The van der Waals surface area contributed by atoms with Crippen LogP contribution in [-0.4, -0.2) is 18.0 Å². The molecule has 0 saturated heterocycles. The summed E-state index contributed by atoms with van der Waals surface area (Å²) in [4.78, 5) is 24.9. The average molecular weight is 511 g/mol. The fourth-order valence-corrected chi connectivity index (χ4v) is 5.11. The third-order valence-corrected chi connectivity index (χ3v) is 7.56. The van der Waals surface area contributed by atoms with Gasteiger partial charge in [-0.25, -0.2) is 0 Å². The normalized spacial score (nSPS) is 20.4. The lowest BCUT2D eigenvalue weighted by molar-refractivity contribution is -0.159.